The van der Waals surface area contributed by atoms with E-state index in [0.717, 1.165) is 16.6 Å². The van der Waals surface area contributed by atoms with Gasteiger partial charge in [0.05, 0.1) is 11.9 Å². The number of rotatable bonds is 4. The topological polar surface area (TPSA) is 57.7 Å². The zero-order chi connectivity index (χ0) is 14.8. The highest BCUT2D eigenvalue weighted by atomic mass is 32.2. The van der Waals surface area contributed by atoms with Crippen molar-refractivity contribution in [2.45, 2.75) is 13.0 Å². The van der Waals surface area contributed by atoms with Crippen molar-refractivity contribution in [1.82, 2.24) is 4.90 Å². The molecule has 0 saturated carbocycles. The molecule has 0 N–H and O–H groups in total. The number of anilines is 1. The summed E-state index contributed by atoms with van der Waals surface area (Å²) in [5, 5.41) is 0. The number of carbonyl (C=O) groups excluding carboxylic acids is 1. The Morgan fingerprint density at radius 3 is 2.32 bits per heavy atom. The van der Waals surface area contributed by atoms with Gasteiger partial charge >= 0.3 is 0 Å². The molecule has 0 fully saturated rings. The second kappa shape index (κ2) is 5.56. The Labute approximate surface area is 112 Å². The van der Waals surface area contributed by atoms with Crippen LogP contribution in [0.25, 0.3) is 0 Å². The van der Waals surface area contributed by atoms with Crippen molar-refractivity contribution in [1.29, 1.82) is 0 Å². The molecule has 7 heteroatoms. The predicted molar refractivity (Wildman–Crippen MR) is 71.9 cm³/mol. The lowest BCUT2D eigenvalue weighted by atomic mass is 10.2. The predicted octanol–water partition coefficient (Wildman–Crippen LogP) is 1.07. The second-order valence-corrected chi connectivity index (χ2v) is 6.31. The van der Waals surface area contributed by atoms with Crippen molar-refractivity contribution in [2.24, 2.45) is 0 Å². The van der Waals surface area contributed by atoms with Crippen LogP contribution in [0, 0.1) is 5.82 Å². The Balaban J connectivity index is 3.28. The first-order chi connectivity index (χ1) is 8.64. The first kappa shape index (κ1) is 15.4. The zero-order valence-corrected chi connectivity index (χ0v) is 12.1. The Kier molecular flexibility index (Phi) is 4.52. The smallest absolute Gasteiger partial charge is 0.245 e. The van der Waals surface area contributed by atoms with Gasteiger partial charge in [-0.05, 0) is 25.1 Å². The Morgan fingerprint density at radius 1 is 1.32 bits per heavy atom. The molecule has 106 valence electrons. The maximum Gasteiger partial charge on any atom is 0.245 e. The number of nitrogens with zero attached hydrogens (tertiary/aromatic N) is 2. The normalized spacial score (nSPS) is 12.9. The van der Waals surface area contributed by atoms with Crippen LogP contribution in [0.3, 0.4) is 0 Å². The molecule has 0 heterocycles. The van der Waals surface area contributed by atoms with Crippen LogP contribution in [-0.4, -0.2) is 45.6 Å². The van der Waals surface area contributed by atoms with Gasteiger partial charge in [0.25, 0.3) is 0 Å². The average molecular weight is 288 g/mol. The average Bonchev–Trinajstić information content (AvgIpc) is 2.26. The van der Waals surface area contributed by atoms with Crippen LogP contribution in [-0.2, 0) is 14.8 Å². The molecule has 0 radical (unpaired) electrons. The van der Waals surface area contributed by atoms with E-state index in [1.807, 2.05) is 0 Å². The van der Waals surface area contributed by atoms with E-state index in [-0.39, 0.29) is 11.6 Å². The van der Waals surface area contributed by atoms with Crippen LogP contribution in [0.2, 0.25) is 0 Å². The zero-order valence-electron chi connectivity index (χ0n) is 11.3. The van der Waals surface area contributed by atoms with Gasteiger partial charge in [-0.25, -0.2) is 12.8 Å². The van der Waals surface area contributed by atoms with Crippen LogP contribution < -0.4 is 4.31 Å². The third-order valence-corrected chi connectivity index (χ3v) is 3.81. The van der Waals surface area contributed by atoms with Crippen LogP contribution in [0.1, 0.15) is 6.92 Å². The van der Waals surface area contributed by atoms with Crippen LogP contribution in [0.15, 0.2) is 24.3 Å². The summed E-state index contributed by atoms with van der Waals surface area (Å²) in [5.74, 6) is -0.940. The summed E-state index contributed by atoms with van der Waals surface area (Å²) in [7, 11) is -0.628. The molecule has 19 heavy (non-hydrogen) atoms. The summed E-state index contributed by atoms with van der Waals surface area (Å²) in [6.07, 6.45) is 0.983. The van der Waals surface area contributed by atoms with Gasteiger partial charge in [-0.15, -0.1) is 0 Å². The van der Waals surface area contributed by atoms with Crippen molar-refractivity contribution in [3.63, 3.8) is 0 Å². The number of likely N-dealkylation sites (N-methyl/N-ethyl adjacent to an activating group) is 1. The maximum absolute atomic E-state index is 13.2. The monoisotopic (exact) mass is 288 g/mol. The molecule has 1 atom stereocenters. The third-order valence-electron chi connectivity index (χ3n) is 2.57. The molecule has 0 aromatic heterocycles. The molecular formula is C12H17FN2O3S. The summed E-state index contributed by atoms with van der Waals surface area (Å²) in [6.45, 7) is 1.47. The lowest BCUT2D eigenvalue weighted by Crippen LogP contribution is -2.47. The molecule has 1 aromatic carbocycles. The maximum atomic E-state index is 13.2. The Hall–Kier alpha value is -1.63. The molecular weight excluding hydrogens is 271 g/mol. The van der Waals surface area contributed by atoms with Gasteiger partial charge in [0.1, 0.15) is 11.9 Å². The summed E-state index contributed by atoms with van der Waals surface area (Å²) < 4.78 is 37.8. The molecule has 0 aliphatic heterocycles. The number of sulfonamides is 1. The lowest BCUT2D eigenvalue weighted by Gasteiger charge is -2.29. The SMILES string of the molecule is C[C@H](C(=O)N(C)C)N(c1cccc(F)c1)S(C)(=O)=O. The van der Waals surface area contributed by atoms with Crippen LogP contribution in [0.4, 0.5) is 10.1 Å². The van der Waals surface area contributed by atoms with E-state index in [4.69, 9.17) is 0 Å². The van der Waals surface area contributed by atoms with Gasteiger partial charge in [0.15, 0.2) is 0 Å². The number of carbonyl (C=O) groups is 1. The van der Waals surface area contributed by atoms with Crippen molar-refractivity contribution in [2.75, 3.05) is 24.7 Å². The fourth-order valence-corrected chi connectivity index (χ4v) is 2.95. The van der Waals surface area contributed by atoms with Gasteiger partial charge in [-0.2, -0.15) is 0 Å². The minimum atomic E-state index is -3.69. The highest BCUT2D eigenvalue weighted by molar-refractivity contribution is 7.92. The van der Waals surface area contributed by atoms with Gasteiger partial charge in [-0.3, -0.25) is 9.10 Å². The minimum Gasteiger partial charge on any atom is -0.347 e. The van der Waals surface area contributed by atoms with Crippen molar-refractivity contribution in [3.05, 3.63) is 30.1 Å². The minimum absolute atomic E-state index is 0.130. The van der Waals surface area contributed by atoms with Gasteiger partial charge in [0, 0.05) is 14.1 Å². The summed E-state index contributed by atoms with van der Waals surface area (Å²) in [5.41, 5.74) is 0.130. The van der Waals surface area contributed by atoms with E-state index in [1.54, 1.807) is 0 Å². The molecule has 1 amide bonds. The molecule has 0 aliphatic carbocycles. The van der Waals surface area contributed by atoms with E-state index in [2.05, 4.69) is 0 Å². The van der Waals surface area contributed by atoms with Crippen molar-refractivity contribution >= 4 is 21.6 Å². The first-order valence-electron chi connectivity index (χ1n) is 5.60. The van der Waals surface area contributed by atoms with E-state index >= 15 is 0 Å². The molecule has 0 unspecified atom stereocenters. The number of hydrogen-bond acceptors (Lipinski definition) is 3. The van der Waals surface area contributed by atoms with Crippen LogP contribution in [0.5, 0.6) is 0 Å². The number of benzene rings is 1. The van der Waals surface area contributed by atoms with Gasteiger partial charge in [0.2, 0.25) is 15.9 Å². The highest BCUT2D eigenvalue weighted by Gasteiger charge is 2.30. The van der Waals surface area contributed by atoms with Crippen LogP contribution >= 0.6 is 0 Å². The molecule has 5 nitrogen and oxygen atoms in total. The highest BCUT2D eigenvalue weighted by Crippen LogP contribution is 2.22. The molecule has 0 saturated heterocycles. The lowest BCUT2D eigenvalue weighted by molar-refractivity contribution is -0.129. The number of halogens is 1. The van der Waals surface area contributed by atoms with Gasteiger partial charge in [-0.1, -0.05) is 6.07 Å². The Morgan fingerprint density at radius 2 is 1.89 bits per heavy atom. The van der Waals surface area contributed by atoms with Crippen molar-refractivity contribution < 1.29 is 17.6 Å². The fourth-order valence-electron chi connectivity index (χ4n) is 1.79. The second-order valence-electron chi connectivity index (χ2n) is 4.45. The van der Waals surface area contributed by atoms with Gasteiger partial charge < -0.3 is 4.90 Å². The standard InChI is InChI=1S/C12H17FN2O3S/c1-9(12(16)14(2)3)15(19(4,17)18)11-7-5-6-10(13)8-11/h5-9H,1-4H3/t9-/m1/s1. The summed E-state index contributed by atoms with van der Waals surface area (Å²) >= 11 is 0. The third kappa shape index (κ3) is 3.66. The van der Waals surface area contributed by atoms with Crippen molar-refractivity contribution in [3.8, 4) is 0 Å². The molecule has 0 aliphatic rings. The van der Waals surface area contributed by atoms with E-state index in [1.165, 1.54) is 44.1 Å². The number of amides is 1. The molecule has 1 rings (SSSR count). The van der Waals surface area contributed by atoms with E-state index in [9.17, 15) is 17.6 Å². The largest absolute Gasteiger partial charge is 0.347 e. The summed E-state index contributed by atoms with van der Waals surface area (Å²) in [6, 6.07) is 4.20. The van der Waals surface area contributed by atoms with E-state index in [0.29, 0.717) is 0 Å². The fraction of sp³-hybridized carbons (Fsp3) is 0.417. The molecule has 1 aromatic rings. The quantitative estimate of drug-likeness (QED) is 0.832. The summed E-state index contributed by atoms with van der Waals surface area (Å²) in [4.78, 5) is 13.2. The Bertz CT molecular complexity index is 572. The molecule has 0 bridgehead atoms. The number of hydrogen-bond donors (Lipinski definition) is 0. The first-order valence-corrected chi connectivity index (χ1v) is 7.45. The molecule has 0 spiro atoms. The van der Waals surface area contributed by atoms with E-state index < -0.39 is 21.9 Å².